The molecule has 2 aromatic rings. The molecule has 1 aliphatic heterocycles. The van der Waals surface area contributed by atoms with E-state index in [0.29, 0.717) is 25.2 Å². The second-order valence-electron chi connectivity index (χ2n) is 5.04. The minimum absolute atomic E-state index is 0.0779. The molecule has 23 heavy (non-hydrogen) atoms. The van der Waals surface area contributed by atoms with Crippen LogP contribution in [-0.4, -0.2) is 22.2 Å². The lowest BCUT2D eigenvalue weighted by Crippen LogP contribution is -2.26. The molecule has 0 atom stereocenters. The number of carbonyl (C=O) groups is 1. The van der Waals surface area contributed by atoms with E-state index < -0.39 is 11.7 Å². The lowest BCUT2D eigenvalue weighted by Gasteiger charge is -2.19. The summed E-state index contributed by atoms with van der Waals surface area (Å²) < 4.78 is 39.7. The third-order valence-corrected chi connectivity index (χ3v) is 4.10. The smallest absolute Gasteiger partial charge is 0.297 e. The Morgan fingerprint density at radius 2 is 1.83 bits per heavy atom. The highest BCUT2D eigenvalue weighted by Crippen LogP contribution is 2.38. The van der Waals surface area contributed by atoms with Crippen LogP contribution in [-0.2, 0) is 11.0 Å². The quantitative estimate of drug-likeness (QED) is 0.796. The predicted octanol–water partition coefficient (Wildman–Crippen LogP) is 4.32. The third-order valence-electron chi connectivity index (χ3n) is 3.53. The number of alkyl halides is 3. The second-order valence-corrected chi connectivity index (χ2v) is 5.85. The standard InChI is InChI=1S/C14H10Cl2F3N3O/c15-9-6-8(14(17,18)19)7-10(16)13(9)22-11(3-4-20-22)21-5-1-2-12(21)23/h3-4,6-7H,1-2,5H2. The van der Waals surface area contributed by atoms with Gasteiger partial charge < -0.3 is 0 Å². The molecular formula is C14H10Cl2F3N3O. The van der Waals surface area contributed by atoms with Gasteiger partial charge in [0.1, 0.15) is 11.5 Å². The molecule has 1 saturated heterocycles. The number of rotatable bonds is 2. The third kappa shape index (κ3) is 2.90. The van der Waals surface area contributed by atoms with Gasteiger partial charge in [0.15, 0.2) is 0 Å². The maximum absolute atomic E-state index is 12.8. The summed E-state index contributed by atoms with van der Waals surface area (Å²) in [5.74, 6) is 0.349. The van der Waals surface area contributed by atoms with E-state index in [9.17, 15) is 18.0 Å². The molecule has 9 heteroatoms. The predicted molar refractivity (Wildman–Crippen MR) is 80.2 cm³/mol. The van der Waals surface area contributed by atoms with Crippen molar-refractivity contribution in [2.24, 2.45) is 0 Å². The van der Waals surface area contributed by atoms with Crippen molar-refractivity contribution in [3.8, 4) is 5.69 Å². The van der Waals surface area contributed by atoms with Crippen LogP contribution in [0.3, 0.4) is 0 Å². The molecule has 0 saturated carbocycles. The first-order chi connectivity index (χ1) is 10.8. The molecule has 1 fully saturated rings. The minimum atomic E-state index is -4.55. The van der Waals surface area contributed by atoms with Crippen LogP contribution in [0.25, 0.3) is 5.69 Å². The number of nitrogens with zero attached hydrogens (tertiary/aromatic N) is 3. The lowest BCUT2D eigenvalue weighted by molar-refractivity contribution is -0.137. The van der Waals surface area contributed by atoms with Gasteiger partial charge in [-0.05, 0) is 18.6 Å². The summed E-state index contributed by atoms with van der Waals surface area (Å²) >= 11 is 12.0. The average molecular weight is 364 g/mol. The van der Waals surface area contributed by atoms with E-state index in [1.165, 1.54) is 15.8 Å². The first-order valence-electron chi connectivity index (χ1n) is 6.70. The van der Waals surface area contributed by atoms with E-state index in [4.69, 9.17) is 23.2 Å². The Bertz CT molecular complexity index is 750. The first-order valence-corrected chi connectivity index (χ1v) is 7.45. The largest absolute Gasteiger partial charge is 0.416 e. The molecule has 3 rings (SSSR count). The minimum Gasteiger partial charge on any atom is -0.297 e. The van der Waals surface area contributed by atoms with Crippen LogP contribution in [0.5, 0.6) is 0 Å². The van der Waals surface area contributed by atoms with Gasteiger partial charge >= 0.3 is 6.18 Å². The number of halogens is 5. The Morgan fingerprint density at radius 3 is 2.35 bits per heavy atom. The average Bonchev–Trinajstić information content (AvgIpc) is 3.05. The van der Waals surface area contributed by atoms with E-state index in [1.54, 1.807) is 6.07 Å². The number of amides is 1. The first kappa shape index (κ1) is 16.1. The molecule has 0 unspecified atom stereocenters. The summed E-state index contributed by atoms with van der Waals surface area (Å²) in [5.41, 5.74) is -0.830. The van der Waals surface area contributed by atoms with Crippen LogP contribution in [0.2, 0.25) is 10.0 Å². The number of aromatic nitrogens is 2. The van der Waals surface area contributed by atoms with Gasteiger partial charge in [-0.15, -0.1) is 0 Å². The van der Waals surface area contributed by atoms with Crippen molar-refractivity contribution in [2.45, 2.75) is 19.0 Å². The van der Waals surface area contributed by atoms with Gasteiger partial charge in [0, 0.05) is 19.0 Å². The molecule has 0 radical (unpaired) electrons. The summed E-state index contributed by atoms with van der Waals surface area (Å²) in [6.07, 6.45) is -1.99. The fourth-order valence-electron chi connectivity index (χ4n) is 2.49. The molecule has 0 bridgehead atoms. The van der Waals surface area contributed by atoms with Crippen molar-refractivity contribution < 1.29 is 18.0 Å². The van der Waals surface area contributed by atoms with Crippen molar-refractivity contribution in [2.75, 3.05) is 11.4 Å². The highest BCUT2D eigenvalue weighted by molar-refractivity contribution is 6.38. The zero-order valence-electron chi connectivity index (χ0n) is 11.6. The van der Waals surface area contributed by atoms with E-state index in [2.05, 4.69) is 5.10 Å². The van der Waals surface area contributed by atoms with Gasteiger partial charge in [-0.25, -0.2) is 4.68 Å². The van der Waals surface area contributed by atoms with Crippen LogP contribution >= 0.6 is 23.2 Å². The second kappa shape index (κ2) is 5.72. The molecule has 0 N–H and O–H groups in total. The molecule has 2 heterocycles. The summed E-state index contributed by atoms with van der Waals surface area (Å²) in [6, 6.07) is 3.17. The van der Waals surface area contributed by atoms with E-state index in [1.807, 2.05) is 0 Å². The van der Waals surface area contributed by atoms with E-state index in [0.717, 1.165) is 12.1 Å². The Morgan fingerprint density at radius 1 is 1.17 bits per heavy atom. The molecule has 4 nitrogen and oxygen atoms in total. The van der Waals surface area contributed by atoms with Gasteiger partial charge in [-0.1, -0.05) is 23.2 Å². The van der Waals surface area contributed by atoms with E-state index in [-0.39, 0.29) is 21.6 Å². The Balaban J connectivity index is 2.10. The number of hydrogen-bond acceptors (Lipinski definition) is 2. The maximum atomic E-state index is 12.8. The number of hydrogen-bond donors (Lipinski definition) is 0. The Labute approximate surface area is 139 Å². The molecule has 0 aliphatic carbocycles. The molecule has 0 spiro atoms. The van der Waals surface area contributed by atoms with Gasteiger partial charge in [-0.3, -0.25) is 9.69 Å². The van der Waals surface area contributed by atoms with Crippen LogP contribution in [0, 0.1) is 0 Å². The van der Waals surface area contributed by atoms with Gasteiger partial charge in [0.05, 0.1) is 21.8 Å². The van der Waals surface area contributed by atoms with Gasteiger partial charge in [-0.2, -0.15) is 18.3 Å². The Kier molecular flexibility index (Phi) is 4.01. The molecule has 1 aliphatic rings. The highest BCUT2D eigenvalue weighted by atomic mass is 35.5. The lowest BCUT2D eigenvalue weighted by atomic mass is 10.2. The van der Waals surface area contributed by atoms with Crippen molar-refractivity contribution in [3.63, 3.8) is 0 Å². The highest BCUT2D eigenvalue weighted by Gasteiger charge is 2.33. The fourth-order valence-corrected chi connectivity index (χ4v) is 3.14. The zero-order chi connectivity index (χ0) is 16.8. The number of carbonyl (C=O) groups excluding carboxylic acids is 1. The van der Waals surface area contributed by atoms with Crippen molar-refractivity contribution in [3.05, 3.63) is 40.0 Å². The molecule has 1 aromatic heterocycles. The summed E-state index contributed by atoms with van der Waals surface area (Å²) in [7, 11) is 0. The zero-order valence-corrected chi connectivity index (χ0v) is 13.1. The number of benzene rings is 1. The van der Waals surface area contributed by atoms with Crippen LogP contribution in [0.4, 0.5) is 19.0 Å². The normalized spacial score (nSPS) is 15.5. The topological polar surface area (TPSA) is 38.1 Å². The van der Waals surface area contributed by atoms with Crippen molar-refractivity contribution >= 4 is 34.9 Å². The van der Waals surface area contributed by atoms with Crippen LogP contribution in [0.1, 0.15) is 18.4 Å². The molecule has 1 amide bonds. The summed E-state index contributed by atoms with van der Waals surface area (Å²) in [6.45, 7) is 0.514. The van der Waals surface area contributed by atoms with E-state index >= 15 is 0 Å². The molecular weight excluding hydrogens is 354 g/mol. The Hall–Kier alpha value is -1.73. The van der Waals surface area contributed by atoms with Gasteiger partial charge in [0.25, 0.3) is 0 Å². The summed E-state index contributed by atoms with van der Waals surface area (Å²) in [5, 5.41) is 3.67. The maximum Gasteiger partial charge on any atom is 0.416 e. The monoisotopic (exact) mass is 363 g/mol. The molecule has 122 valence electrons. The summed E-state index contributed by atoms with van der Waals surface area (Å²) in [4.78, 5) is 13.4. The van der Waals surface area contributed by atoms with Crippen molar-refractivity contribution in [1.82, 2.24) is 9.78 Å². The fraction of sp³-hybridized carbons (Fsp3) is 0.286. The van der Waals surface area contributed by atoms with Crippen LogP contribution in [0.15, 0.2) is 24.4 Å². The van der Waals surface area contributed by atoms with Crippen molar-refractivity contribution in [1.29, 1.82) is 0 Å². The SMILES string of the molecule is O=C1CCCN1c1ccnn1-c1c(Cl)cc(C(F)(F)F)cc1Cl. The van der Waals surface area contributed by atoms with Gasteiger partial charge in [0.2, 0.25) is 5.91 Å². The molecule has 1 aromatic carbocycles. The number of anilines is 1. The van der Waals surface area contributed by atoms with Crippen LogP contribution < -0.4 is 4.90 Å².